The van der Waals surface area contributed by atoms with E-state index in [0.29, 0.717) is 0 Å². The van der Waals surface area contributed by atoms with Crippen molar-refractivity contribution in [3.63, 3.8) is 0 Å². The molecule has 4 atom stereocenters. The quantitative estimate of drug-likeness (QED) is 0.493. The number of piperidine rings is 1. The standard InChI is InChI=1S/C11H17NO4/c1-6-5-8-3-4-9(10(6)14)12(8)11(15)16-7(2)13/h6,8-10,14H,3-5H2,1-2H3/t6-,8-,9+,10-/m1/s1. The zero-order valence-electron chi connectivity index (χ0n) is 9.55. The van der Waals surface area contributed by atoms with Crippen LogP contribution in [0.1, 0.15) is 33.1 Å². The first kappa shape index (κ1) is 11.4. The van der Waals surface area contributed by atoms with Crippen LogP contribution in [0.4, 0.5) is 4.79 Å². The lowest BCUT2D eigenvalue weighted by Crippen LogP contribution is -2.53. The highest BCUT2D eigenvalue weighted by Crippen LogP contribution is 2.38. The Labute approximate surface area is 94.4 Å². The minimum atomic E-state index is -0.606. The first-order valence-corrected chi connectivity index (χ1v) is 5.69. The summed E-state index contributed by atoms with van der Waals surface area (Å²) in [7, 11) is 0. The number of aliphatic hydroxyl groups is 1. The summed E-state index contributed by atoms with van der Waals surface area (Å²) in [5, 5.41) is 9.98. The van der Waals surface area contributed by atoms with Gasteiger partial charge < -0.3 is 9.84 Å². The predicted molar refractivity (Wildman–Crippen MR) is 55.6 cm³/mol. The fraction of sp³-hybridized carbons (Fsp3) is 0.818. The van der Waals surface area contributed by atoms with Crippen LogP contribution < -0.4 is 0 Å². The number of rotatable bonds is 0. The summed E-state index contributed by atoms with van der Waals surface area (Å²) >= 11 is 0. The Kier molecular flexibility index (Phi) is 2.88. The van der Waals surface area contributed by atoms with Crippen molar-refractivity contribution in [3.8, 4) is 0 Å². The number of carbonyl (C=O) groups excluding carboxylic acids is 2. The summed E-state index contributed by atoms with van der Waals surface area (Å²) in [6, 6.07) is -0.0594. The average molecular weight is 227 g/mol. The van der Waals surface area contributed by atoms with Gasteiger partial charge in [0.2, 0.25) is 0 Å². The summed E-state index contributed by atoms with van der Waals surface area (Å²) in [6.45, 7) is 3.20. The average Bonchev–Trinajstić information content (AvgIpc) is 2.52. The topological polar surface area (TPSA) is 66.8 Å². The number of ether oxygens (including phenoxy) is 1. The van der Waals surface area contributed by atoms with Crippen LogP contribution >= 0.6 is 0 Å². The number of fused-ring (bicyclic) bond motifs is 2. The Morgan fingerprint density at radius 3 is 2.69 bits per heavy atom. The Bertz CT molecular complexity index is 317. The smallest absolute Gasteiger partial charge is 0.391 e. The predicted octanol–water partition coefficient (Wildman–Crippen LogP) is 0.903. The molecule has 2 fully saturated rings. The van der Waals surface area contributed by atoms with Gasteiger partial charge in [0.25, 0.3) is 0 Å². The van der Waals surface area contributed by atoms with Gasteiger partial charge in [-0.25, -0.2) is 4.79 Å². The van der Waals surface area contributed by atoms with Gasteiger partial charge in [-0.1, -0.05) is 6.92 Å². The molecule has 0 aliphatic carbocycles. The molecule has 2 aliphatic heterocycles. The molecule has 2 bridgehead atoms. The molecule has 0 saturated carbocycles. The Morgan fingerprint density at radius 2 is 2.06 bits per heavy atom. The number of hydrogen-bond acceptors (Lipinski definition) is 4. The zero-order chi connectivity index (χ0) is 11.9. The maximum atomic E-state index is 11.7. The second-order valence-electron chi connectivity index (χ2n) is 4.77. The molecule has 0 unspecified atom stereocenters. The van der Waals surface area contributed by atoms with Crippen molar-refractivity contribution < 1.29 is 19.4 Å². The number of nitrogens with zero attached hydrogens (tertiary/aromatic N) is 1. The lowest BCUT2D eigenvalue weighted by Gasteiger charge is -2.40. The van der Waals surface area contributed by atoms with E-state index in [1.165, 1.54) is 6.92 Å². The molecule has 0 spiro atoms. The van der Waals surface area contributed by atoms with Crippen molar-refractivity contribution in [2.45, 2.75) is 51.3 Å². The molecule has 0 aromatic rings. The van der Waals surface area contributed by atoms with E-state index in [-0.39, 0.29) is 18.0 Å². The lowest BCUT2D eigenvalue weighted by atomic mass is 9.90. The highest BCUT2D eigenvalue weighted by Gasteiger charge is 2.48. The molecule has 2 aliphatic rings. The minimum Gasteiger partial charge on any atom is -0.391 e. The van der Waals surface area contributed by atoms with E-state index in [0.717, 1.165) is 19.3 Å². The summed E-state index contributed by atoms with van der Waals surface area (Å²) in [6.07, 6.45) is 1.36. The van der Waals surface area contributed by atoms with Gasteiger partial charge in [0.15, 0.2) is 0 Å². The maximum absolute atomic E-state index is 11.7. The van der Waals surface area contributed by atoms with Crippen LogP contribution in [0.15, 0.2) is 0 Å². The Hall–Kier alpha value is -1.10. The van der Waals surface area contributed by atoms with Crippen LogP contribution in [-0.2, 0) is 9.53 Å². The van der Waals surface area contributed by atoms with Crippen LogP contribution in [0.3, 0.4) is 0 Å². The first-order valence-electron chi connectivity index (χ1n) is 5.69. The zero-order valence-corrected chi connectivity index (χ0v) is 9.55. The second kappa shape index (κ2) is 4.05. The molecule has 0 aromatic carbocycles. The molecule has 2 saturated heterocycles. The van der Waals surface area contributed by atoms with Crippen molar-refractivity contribution in [2.24, 2.45) is 5.92 Å². The van der Waals surface area contributed by atoms with E-state index < -0.39 is 18.2 Å². The summed E-state index contributed by atoms with van der Waals surface area (Å²) < 4.78 is 4.59. The second-order valence-corrected chi connectivity index (χ2v) is 4.77. The van der Waals surface area contributed by atoms with E-state index >= 15 is 0 Å². The highest BCUT2D eigenvalue weighted by molar-refractivity contribution is 5.83. The number of amides is 1. The molecule has 2 rings (SSSR count). The molecule has 2 heterocycles. The minimum absolute atomic E-state index is 0.121. The number of aliphatic hydroxyl groups excluding tert-OH is 1. The maximum Gasteiger partial charge on any atom is 0.418 e. The SMILES string of the molecule is CC(=O)OC(=O)N1[C@@H]2CC[C@H]1[C@H](O)[C@H](C)C2. The van der Waals surface area contributed by atoms with E-state index in [4.69, 9.17) is 0 Å². The van der Waals surface area contributed by atoms with Crippen molar-refractivity contribution in [1.29, 1.82) is 0 Å². The van der Waals surface area contributed by atoms with Gasteiger partial charge in [0.1, 0.15) is 0 Å². The van der Waals surface area contributed by atoms with Gasteiger partial charge in [0.05, 0.1) is 12.1 Å². The van der Waals surface area contributed by atoms with E-state index in [9.17, 15) is 14.7 Å². The van der Waals surface area contributed by atoms with Crippen LogP contribution in [-0.4, -0.2) is 40.3 Å². The number of esters is 1. The lowest BCUT2D eigenvalue weighted by molar-refractivity contribution is -0.137. The molecule has 5 heteroatoms. The fourth-order valence-electron chi connectivity index (χ4n) is 2.89. The van der Waals surface area contributed by atoms with Crippen LogP contribution in [0.5, 0.6) is 0 Å². The van der Waals surface area contributed by atoms with Crippen LogP contribution in [0.25, 0.3) is 0 Å². The van der Waals surface area contributed by atoms with Gasteiger partial charge in [-0.2, -0.15) is 0 Å². The van der Waals surface area contributed by atoms with Crippen molar-refractivity contribution >= 4 is 12.1 Å². The van der Waals surface area contributed by atoms with Crippen molar-refractivity contribution in [1.82, 2.24) is 4.90 Å². The molecule has 0 aromatic heterocycles. The summed E-state index contributed by atoms with van der Waals surface area (Å²) in [5.41, 5.74) is 0. The molecular weight excluding hydrogens is 210 g/mol. The molecule has 90 valence electrons. The monoisotopic (exact) mass is 227 g/mol. The van der Waals surface area contributed by atoms with Gasteiger partial charge >= 0.3 is 12.1 Å². The molecule has 5 nitrogen and oxygen atoms in total. The number of carbonyl (C=O) groups is 2. The largest absolute Gasteiger partial charge is 0.418 e. The molecule has 16 heavy (non-hydrogen) atoms. The van der Waals surface area contributed by atoms with Gasteiger partial charge in [-0.3, -0.25) is 9.69 Å². The summed E-state index contributed by atoms with van der Waals surface area (Å²) in [5.74, 6) is -0.392. The normalized spacial score (nSPS) is 37.3. The summed E-state index contributed by atoms with van der Waals surface area (Å²) in [4.78, 5) is 24.0. The van der Waals surface area contributed by atoms with E-state index in [1.54, 1.807) is 4.90 Å². The van der Waals surface area contributed by atoms with Gasteiger partial charge in [0, 0.05) is 13.0 Å². The van der Waals surface area contributed by atoms with E-state index in [2.05, 4.69) is 4.74 Å². The highest BCUT2D eigenvalue weighted by atomic mass is 16.6. The molecular formula is C11H17NO4. The van der Waals surface area contributed by atoms with Crippen LogP contribution in [0, 0.1) is 5.92 Å². The molecule has 0 radical (unpaired) electrons. The van der Waals surface area contributed by atoms with Gasteiger partial charge in [-0.15, -0.1) is 0 Å². The molecule has 1 amide bonds. The Balaban J connectivity index is 2.11. The Morgan fingerprint density at radius 1 is 1.38 bits per heavy atom. The van der Waals surface area contributed by atoms with Crippen molar-refractivity contribution in [2.75, 3.05) is 0 Å². The van der Waals surface area contributed by atoms with Crippen LogP contribution in [0.2, 0.25) is 0 Å². The third kappa shape index (κ3) is 1.80. The first-order chi connectivity index (χ1) is 7.50. The van der Waals surface area contributed by atoms with Crippen molar-refractivity contribution in [3.05, 3.63) is 0 Å². The van der Waals surface area contributed by atoms with Gasteiger partial charge in [-0.05, 0) is 25.2 Å². The fourth-order valence-corrected chi connectivity index (χ4v) is 2.89. The third-order valence-corrected chi connectivity index (χ3v) is 3.61. The third-order valence-electron chi connectivity index (χ3n) is 3.61. The number of hydrogen-bond donors (Lipinski definition) is 1. The van der Waals surface area contributed by atoms with E-state index in [1.807, 2.05) is 6.92 Å². The molecule has 1 N–H and O–H groups in total.